The molecule has 6 nitrogen and oxygen atoms in total. The van der Waals surface area contributed by atoms with Gasteiger partial charge in [0, 0.05) is 61.9 Å². The quantitative estimate of drug-likeness (QED) is 0.192. The molecule has 0 aliphatic carbocycles. The Labute approximate surface area is 200 Å². The first-order chi connectivity index (χ1) is 16.0. The predicted molar refractivity (Wildman–Crippen MR) is 131 cm³/mol. The van der Waals surface area contributed by atoms with E-state index in [0.29, 0.717) is 37.9 Å². The van der Waals surface area contributed by atoms with Gasteiger partial charge in [-0.2, -0.15) is 0 Å². The molecule has 2 aromatic carbocycles. The van der Waals surface area contributed by atoms with Crippen molar-refractivity contribution in [2.24, 2.45) is 0 Å². The molecule has 2 aromatic rings. The SMILES string of the molecule is CCOCCC(SC(CCOCC)c1ccccc1OC(C)=O)c1ccccc1OC(C)=O. The molecule has 180 valence electrons. The van der Waals surface area contributed by atoms with E-state index in [-0.39, 0.29) is 22.4 Å². The normalized spacial score (nSPS) is 12.7. The Morgan fingerprint density at radius 1 is 0.727 bits per heavy atom. The minimum atomic E-state index is -0.357. The summed E-state index contributed by atoms with van der Waals surface area (Å²) < 4.78 is 22.3. The zero-order chi connectivity index (χ0) is 24.1. The molecular weight excluding hydrogens is 440 g/mol. The molecule has 7 heteroatoms. The molecule has 0 heterocycles. The van der Waals surface area contributed by atoms with Crippen molar-refractivity contribution in [2.45, 2.75) is 51.0 Å². The third-order valence-corrected chi connectivity index (χ3v) is 6.46. The van der Waals surface area contributed by atoms with Crippen LogP contribution in [0.15, 0.2) is 48.5 Å². The van der Waals surface area contributed by atoms with Crippen molar-refractivity contribution in [3.8, 4) is 11.5 Å². The molecule has 0 radical (unpaired) electrons. The van der Waals surface area contributed by atoms with Gasteiger partial charge in [-0.05, 0) is 38.8 Å². The van der Waals surface area contributed by atoms with Gasteiger partial charge in [0.25, 0.3) is 0 Å². The number of para-hydroxylation sites is 2. The van der Waals surface area contributed by atoms with Crippen molar-refractivity contribution in [2.75, 3.05) is 26.4 Å². The van der Waals surface area contributed by atoms with E-state index in [4.69, 9.17) is 18.9 Å². The summed E-state index contributed by atoms with van der Waals surface area (Å²) in [4.78, 5) is 23.4. The Hall–Kier alpha value is -2.35. The highest BCUT2D eigenvalue weighted by Gasteiger charge is 2.25. The number of ether oxygens (including phenoxy) is 4. The van der Waals surface area contributed by atoms with Crippen molar-refractivity contribution in [1.82, 2.24) is 0 Å². The molecule has 0 spiro atoms. The standard InChI is InChI=1S/C26H34O6S/c1-5-29-17-15-25(21-11-7-9-13-23(21)31-19(3)27)33-26(16-18-30-6-2)22-12-8-10-14-24(22)32-20(4)28/h7-14,25-26H,5-6,15-18H2,1-4H3. The van der Waals surface area contributed by atoms with E-state index in [1.807, 2.05) is 62.4 Å². The van der Waals surface area contributed by atoms with Gasteiger partial charge in [-0.15, -0.1) is 11.8 Å². The number of rotatable bonds is 14. The minimum Gasteiger partial charge on any atom is -0.426 e. The van der Waals surface area contributed by atoms with Crippen molar-refractivity contribution in [1.29, 1.82) is 0 Å². The Balaban J connectivity index is 2.41. The van der Waals surface area contributed by atoms with Gasteiger partial charge in [-0.3, -0.25) is 9.59 Å². The molecule has 33 heavy (non-hydrogen) atoms. The molecule has 0 aromatic heterocycles. The molecular formula is C26H34O6S. The van der Waals surface area contributed by atoms with Crippen LogP contribution in [0.1, 0.15) is 62.2 Å². The topological polar surface area (TPSA) is 71.1 Å². The Morgan fingerprint density at radius 3 is 1.48 bits per heavy atom. The van der Waals surface area contributed by atoms with Gasteiger partial charge in [0.1, 0.15) is 11.5 Å². The summed E-state index contributed by atoms with van der Waals surface area (Å²) in [6, 6.07) is 15.2. The summed E-state index contributed by atoms with van der Waals surface area (Å²) in [7, 11) is 0. The average molecular weight is 475 g/mol. The third kappa shape index (κ3) is 9.20. The second kappa shape index (κ2) is 14.7. The van der Waals surface area contributed by atoms with E-state index in [9.17, 15) is 9.59 Å². The molecule has 0 saturated carbocycles. The van der Waals surface area contributed by atoms with Crippen LogP contribution in [0, 0.1) is 0 Å². The predicted octanol–water partition coefficient (Wildman–Crippen LogP) is 5.91. The van der Waals surface area contributed by atoms with E-state index < -0.39 is 0 Å². The molecule has 2 rings (SSSR count). The number of carbonyl (C=O) groups is 2. The van der Waals surface area contributed by atoms with E-state index >= 15 is 0 Å². The molecule has 0 bridgehead atoms. The van der Waals surface area contributed by atoms with Gasteiger partial charge in [-0.25, -0.2) is 0 Å². The maximum Gasteiger partial charge on any atom is 0.308 e. The molecule has 0 fully saturated rings. The number of carbonyl (C=O) groups excluding carboxylic acids is 2. The molecule has 2 atom stereocenters. The zero-order valence-corrected chi connectivity index (χ0v) is 20.7. The van der Waals surface area contributed by atoms with Crippen LogP contribution in [0.2, 0.25) is 0 Å². The Bertz CT molecular complexity index is 813. The lowest BCUT2D eigenvalue weighted by Gasteiger charge is -2.26. The fraction of sp³-hybridized carbons (Fsp3) is 0.462. The first kappa shape index (κ1) is 26.9. The highest BCUT2D eigenvalue weighted by atomic mass is 32.2. The van der Waals surface area contributed by atoms with Gasteiger partial charge in [0.15, 0.2) is 0 Å². The van der Waals surface area contributed by atoms with Crippen LogP contribution >= 0.6 is 11.8 Å². The lowest BCUT2D eigenvalue weighted by atomic mass is 10.1. The monoisotopic (exact) mass is 474 g/mol. The van der Waals surface area contributed by atoms with Gasteiger partial charge in [0.05, 0.1) is 0 Å². The molecule has 0 amide bonds. The van der Waals surface area contributed by atoms with Gasteiger partial charge in [-0.1, -0.05) is 36.4 Å². The molecule has 0 aliphatic heterocycles. The summed E-state index contributed by atoms with van der Waals surface area (Å²) in [6.07, 6.45) is 1.47. The maximum absolute atomic E-state index is 11.7. The van der Waals surface area contributed by atoms with E-state index in [0.717, 1.165) is 24.0 Å². The zero-order valence-electron chi connectivity index (χ0n) is 19.9. The van der Waals surface area contributed by atoms with Gasteiger partial charge in [0.2, 0.25) is 0 Å². The number of esters is 2. The van der Waals surface area contributed by atoms with E-state index in [2.05, 4.69) is 0 Å². The second-order valence-corrected chi connectivity index (χ2v) is 8.76. The smallest absolute Gasteiger partial charge is 0.308 e. The highest BCUT2D eigenvalue weighted by Crippen LogP contribution is 2.48. The molecule has 2 unspecified atom stereocenters. The van der Waals surface area contributed by atoms with E-state index in [1.54, 1.807) is 11.8 Å². The first-order valence-corrected chi connectivity index (χ1v) is 12.3. The van der Waals surface area contributed by atoms with Crippen molar-refractivity contribution < 1.29 is 28.5 Å². The van der Waals surface area contributed by atoms with Crippen LogP contribution in [0.4, 0.5) is 0 Å². The number of hydrogen-bond acceptors (Lipinski definition) is 7. The summed E-state index contributed by atoms with van der Waals surface area (Å²) >= 11 is 1.74. The van der Waals surface area contributed by atoms with Crippen LogP contribution in [0.5, 0.6) is 11.5 Å². The lowest BCUT2D eigenvalue weighted by molar-refractivity contribution is -0.132. The van der Waals surface area contributed by atoms with Gasteiger partial charge >= 0.3 is 11.9 Å². The van der Waals surface area contributed by atoms with Crippen molar-refractivity contribution in [3.63, 3.8) is 0 Å². The lowest BCUT2D eigenvalue weighted by Crippen LogP contribution is -2.11. The number of hydrogen-bond donors (Lipinski definition) is 0. The van der Waals surface area contributed by atoms with Crippen molar-refractivity contribution in [3.05, 3.63) is 59.7 Å². The fourth-order valence-electron chi connectivity index (χ4n) is 3.45. The largest absolute Gasteiger partial charge is 0.426 e. The third-order valence-electron chi connectivity index (χ3n) is 4.82. The van der Waals surface area contributed by atoms with Crippen LogP contribution in [-0.4, -0.2) is 38.4 Å². The van der Waals surface area contributed by atoms with Crippen LogP contribution in [0.25, 0.3) is 0 Å². The van der Waals surface area contributed by atoms with Crippen molar-refractivity contribution >= 4 is 23.7 Å². The fourth-order valence-corrected chi connectivity index (χ4v) is 4.99. The molecule has 0 saturated heterocycles. The Morgan fingerprint density at radius 2 is 1.12 bits per heavy atom. The molecule has 0 aliphatic rings. The maximum atomic E-state index is 11.7. The van der Waals surface area contributed by atoms with Crippen LogP contribution < -0.4 is 9.47 Å². The summed E-state index contributed by atoms with van der Waals surface area (Å²) in [5.41, 5.74) is 1.87. The van der Waals surface area contributed by atoms with E-state index in [1.165, 1.54) is 13.8 Å². The summed E-state index contributed by atoms with van der Waals surface area (Å²) in [5.74, 6) is 0.389. The Kier molecular flexibility index (Phi) is 12.0. The van der Waals surface area contributed by atoms with Gasteiger partial charge < -0.3 is 18.9 Å². The summed E-state index contributed by atoms with van der Waals surface area (Å²) in [6.45, 7) is 9.15. The van der Waals surface area contributed by atoms with Crippen LogP contribution in [-0.2, 0) is 19.1 Å². The highest BCUT2D eigenvalue weighted by molar-refractivity contribution is 7.99. The number of benzene rings is 2. The summed E-state index contributed by atoms with van der Waals surface area (Å²) in [5, 5.41) is -0.0202. The molecule has 0 N–H and O–H groups in total. The average Bonchev–Trinajstić information content (AvgIpc) is 2.78. The minimum absolute atomic E-state index is 0.0101. The first-order valence-electron chi connectivity index (χ1n) is 11.3. The van der Waals surface area contributed by atoms with Crippen LogP contribution in [0.3, 0.4) is 0 Å². The second-order valence-electron chi connectivity index (χ2n) is 7.35. The number of thioether (sulfide) groups is 1.